The number of halogens is 2. The Balaban J connectivity index is 0.00000363. The predicted molar refractivity (Wildman–Crippen MR) is 137 cm³/mol. The van der Waals surface area contributed by atoms with Crippen molar-refractivity contribution in [3.05, 3.63) is 59.5 Å². The Kier molecular flexibility index (Phi) is 9.23. The number of hydrogen-bond donors (Lipinski definition) is 3. The van der Waals surface area contributed by atoms with E-state index < -0.39 is 0 Å². The highest BCUT2D eigenvalue weighted by Crippen LogP contribution is 2.20. The summed E-state index contributed by atoms with van der Waals surface area (Å²) in [4.78, 5) is 22.8. The molecule has 1 aliphatic heterocycles. The van der Waals surface area contributed by atoms with Gasteiger partial charge in [0.25, 0.3) is 5.91 Å². The first-order chi connectivity index (χ1) is 14.7. The molecule has 3 N–H and O–H groups in total. The molecule has 0 radical (unpaired) electrons. The van der Waals surface area contributed by atoms with Gasteiger partial charge in [-0.1, -0.05) is 12.1 Å². The largest absolute Gasteiger partial charge is 0.352 e. The average molecular weight is 554 g/mol. The zero-order valence-electron chi connectivity index (χ0n) is 19.0. The lowest BCUT2D eigenvalue weighted by Crippen LogP contribution is -2.44. The van der Waals surface area contributed by atoms with Crippen LogP contribution in [0.25, 0.3) is 0 Å². The number of nitrogens with zero attached hydrogens (tertiary/aromatic N) is 3. The number of rotatable bonds is 5. The summed E-state index contributed by atoms with van der Waals surface area (Å²) in [6, 6.07) is 10.7. The van der Waals surface area contributed by atoms with Gasteiger partial charge in [0.05, 0.1) is 0 Å². The Bertz CT molecular complexity index is 946. The van der Waals surface area contributed by atoms with Gasteiger partial charge in [0.1, 0.15) is 0 Å². The van der Waals surface area contributed by atoms with Gasteiger partial charge in [0, 0.05) is 50.0 Å². The highest BCUT2D eigenvalue weighted by molar-refractivity contribution is 14.0. The van der Waals surface area contributed by atoms with Crippen LogP contribution in [-0.2, 0) is 6.54 Å². The van der Waals surface area contributed by atoms with Crippen molar-refractivity contribution < 1.29 is 9.18 Å². The molecular weight excluding hydrogens is 522 g/mol. The minimum Gasteiger partial charge on any atom is -0.352 e. The van der Waals surface area contributed by atoms with Gasteiger partial charge in [-0.15, -0.1) is 24.0 Å². The van der Waals surface area contributed by atoms with Gasteiger partial charge in [-0.2, -0.15) is 0 Å². The van der Waals surface area contributed by atoms with Crippen LogP contribution in [0.2, 0.25) is 0 Å². The van der Waals surface area contributed by atoms with Crippen LogP contribution < -0.4 is 20.9 Å². The van der Waals surface area contributed by atoms with Gasteiger partial charge in [0.2, 0.25) is 0 Å². The molecule has 3 rings (SSSR count). The Hall–Kier alpha value is -2.43. The number of amides is 1. The number of carbonyl (C=O) groups is 1. The maximum Gasteiger partial charge on any atom is 0.251 e. The molecule has 1 aliphatic rings. The highest BCUT2D eigenvalue weighted by atomic mass is 127. The van der Waals surface area contributed by atoms with Gasteiger partial charge < -0.3 is 20.9 Å². The third kappa shape index (κ3) is 7.32. The number of carbonyl (C=O) groups excluding carboxylic acids is 1. The summed E-state index contributed by atoms with van der Waals surface area (Å²) in [5.74, 6) is 0.656. The Labute approximate surface area is 206 Å². The first-order valence-corrected chi connectivity index (χ1v) is 10.5. The first kappa shape index (κ1) is 25.8. The van der Waals surface area contributed by atoms with E-state index in [0.717, 1.165) is 18.5 Å². The lowest BCUT2D eigenvalue weighted by atomic mass is 10.1. The summed E-state index contributed by atoms with van der Waals surface area (Å²) in [5, 5.41) is 9.66. The molecule has 0 spiro atoms. The molecule has 9 heteroatoms. The number of anilines is 1. The lowest BCUT2D eigenvalue weighted by Gasteiger charge is -2.21. The van der Waals surface area contributed by atoms with E-state index in [1.165, 1.54) is 6.07 Å². The predicted octanol–water partition coefficient (Wildman–Crippen LogP) is 3.31. The van der Waals surface area contributed by atoms with Crippen molar-refractivity contribution in [2.24, 2.45) is 4.99 Å². The normalized spacial score (nSPS) is 16.3. The van der Waals surface area contributed by atoms with Gasteiger partial charge in [-0.05, 0) is 57.0 Å². The molecule has 0 bridgehead atoms. The molecule has 1 fully saturated rings. The summed E-state index contributed by atoms with van der Waals surface area (Å²) in [6.45, 7) is 7.78. The van der Waals surface area contributed by atoms with Gasteiger partial charge >= 0.3 is 0 Å². The van der Waals surface area contributed by atoms with E-state index in [0.29, 0.717) is 30.4 Å². The SMILES string of the molecule is CN=C(NCc1cccc(C(=O)NC(C)(C)C)c1)NC1CCN(c2ncccc2F)C1.I. The molecule has 32 heavy (non-hydrogen) atoms. The molecule has 1 saturated heterocycles. The third-order valence-corrected chi connectivity index (χ3v) is 4.93. The van der Waals surface area contributed by atoms with Crippen molar-refractivity contribution in [3.8, 4) is 0 Å². The van der Waals surface area contributed by atoms with Crippen LogP contribution in [0.1, 0.15) is 43.1 Å². The van der Waals surface area contributed by atoms with Crippen molar-refractivity contribution in [1.82, 2.24) is 20.9 Å². The van der Waals surface area contributed by atoms with Crippen molar-refractivity contribution in [2.75, 3.05) is 25.0 Å². The number of guanidine groups is 1. The van der Waals surface area contributed by atoms with Crippen LogP contribution in [0.4, 0.5) is 10.2 Å². The van der Waals surface area contributed by atoms with E-state index in [-0.39, 0.29) is 47.3 Å². The highest BCUT2D eigenvalue weighted by Gasteiger charge is 2.26. The molecule has 1 amide bonds. The van der Waals surface area contributed by atoms with E-state index in [1.54, 1.807) is 19.3 Å². The van der Waals surface area contributed by atoms with Crippen LogP contribution in [0.3, 0.4) is 0 Å². The fourth-order valence-electron chi connectivity index (χ4n) is 3.49. The second-order valence-electron chi connectivity index (χ2n) is 8.72. The Morgan fingerprint density at radius 3 is 2.75 bits per heavy atom. The molecule has 1 aromatic carbocycles. The van der Waals surface area contributed by atoms with E-state index >= 15 is 0 Å². The van der Waals surface area contributed by atoms with Crippen molar-refractivity contribution in [1.29, 1.82) is 0 Å². The second-order valence-corrected chi connectivity index (χ2v) is 8.72. The van der Waals surface area contributed by atoms with Crippen LogP contribution in [-0.4, -0.2) is 48.6 Å². The zero-order valence-corrected chi connectivity index (χ0v) is 21.3. The van der Waals surface area contributed by atoms with Gasteiger partial charge in [-0.25, -0.2) is 9.37 Å². The third-order valence-electron chi connectivity index (χ3n) is 4.93. The Morgan fingerprint density at radius 2 is 2.06 bits per heavy atom. The number of benzene rings is 1. The van der Waals surface area contributed by atoms with E-state index in [9.17, 15) is 9.18 Å². The number of pyridine rings is 1. The molecule has 7 nitrogen and oxygen atoms in total. The van der Waals surface area contributed by atoms with Crippen LogP contribution >= 0.6 is 24.0 Å². The van der Waals surface area contributed by atoms with Crippen LogP contribution in [0, 0.1) is 5.82 Å². The molecule has 2 aromatic rings. The van der Waals surface area contributed by atoms with E-state index in [1.807, 2.05) is 49.9 Å². The quantitative estimate of drug-likeness (QED) is 0.300. The zero-order chi connectivity index (χ0) is 22.4. The number of nitrogens with one attached hydrogen (secondary N) is 3. The summed E-state index contributed by atoms with van der Waals surface area (Å²) >= 11 is 0. The first-order valence-electron chi connectivity index (χ1n) is 10.5. The van der Waals surface area contributed by atoms with Crippen molar-refractivity contribution in [2.45, 2.75) is 45.3 Å². The molecule has 1 atom stereocenters. The average Bonchev–Trinajstić information content (AvgIpc) is 3.18. The minimum atomic E-state index is -0.305. The molecule has 1 aromatic heterocycles. The minimum absolute atomic E-state index is 0. The maximum absolute atomic E-state index is 14.0. The molecule has 1 unspecified atom stereocenters. The smallest absolute Gasteiger partial charge is 0.251 e. The molecular formula is C23H32FIN6O. The number of aromatic nitrogens is 1. The summed E-state index contributed by atoms with van der Waals surface area (Å²) in [7, 11) is 1.72. The monoisotopic (exact) mass is 554 g/mol. The maximum atomic E-state index is 14.0. The molecule has 0 saturated carbocycles. The standard InChI is InChI=1S/C23H31FN6O.HI/c1-23(2,3)29-21(31)17-8-5-7-16(13-17)14-27-22(25-4)28-18-10-12-30(15-18)20-19(24)9-6-11-26-20;/h5-9,11,13,18H,10,12,14-15H2,1-4H3,(H,29,31)(H2,25,27,28);1H. The molecule has 174 valence electrons. The number of aliphatic imine (C=N–C) groups is 1. The number of hydrogen-bond acceptors (Lipinski definition) is 4. The van der Waals surface area contributed by atoms with E-state index in [4.69, 9.17) is 0 Å². The molecule has 2 heterocycles. The summed E-state index contributed by atoms with van der Waals surface area (Å²) in [5.41, 5.74) is 1.32. The fraction of sp³-hybridized carbons (Fsp3) is 0.435. The van der Waals surface area contributed by atoms with Crippen molar-refractivity contribution in [3.63, 3.8) is 0 Å². The van der Waals surface area contributed by atoms with Gasteiger partial charge in [-0.3, -0.25) is 9.79 Å². The van der Waals surface area contributed by atoms with Crippen molar-refractivity contribution >= 4 is 41.7 Å². The lowest BCUT2D eigenvalue weighted by molar-refractivity contribution is 0.0919. The topological polar surface area (TPSA) is 81.6 Å². The van der Waals surface area contributed by atoms with Gasteiger partial charge in [0.15, 0.2) is 17.6 Å². The van der Waals surface area contributed by atoms with E-state index in [2.05, 4.69) is 25.9 Å². The second kappa shape index (κ2) is 11.4. The summed E-state index contributed by atoms with van der Waals surface area (Å²) in [6.07, 6.45) is 2.47. The van der Waals surface area contributed by atoms with Crippen LogP contribution in [0.5, 0.6) is 0 Å². The summed E-state index contributed by atoms with van der Waals surface area (Å²) < 4.78 is 14.0. The van der Waals surface area contributed by atoms with Crippen LogP contribution in [0.15, 0.2) is 47.6 Å². The fourth-order valence-corrected chi connectivity index (χ4v) is 3.49. The molecule has 0 aliphatic carbocycles. The Morgan fingerprint density at radius 1 is 1.28 bits per heavy atom.